The zero-order valence-corrected chi connectivity index (χ0v) is 13.3. The van der Waals surface area contributed by atoms with Crippen molar-refractivity contribution in [1.82, 2.24) is 4.90 Å². The van der Waals surface area contributed by atoms with Crippen LogP contribution in [-0.2, 0) is 6.54 Å². The molecule has 2 atom stereocenters. The van der Waals surface area contributed by atoms with E-state index in [1.165, 1.54) is 55.8 Å². The van der Waals surface area contributed by atoms with Crippen molar-refractivity contribution in [1.29, 1.82) is 0 Å². The third kappa shape index (κ3) is 3.70. The molecule has 1 aromatic rings. The van der Waals surface area contributed by atoms with Gasteiger partial charge in [0.25, 0.3) is 0 Å². The van der Waals surface area contributed by atoms with Crippen LogP contribution in [0.3, 0.4) is 0 Å². The summed E-state index contributed by atoms with van der Waals surface area (Å²) in [5, 5.41) is 4.45. The summed E-state index contributed by atoms with van der Waals surface area (Å²) in [6, 6.07) is 9.75. The highest BCUT2D eigenvalue weighted by Crippen LogP contribution is 2.27. The summed E-state index contributed by atoms with van der Waals surface area (Å²) in [6.45, 7) is 6.02. The standard InChI is InChI=1S/C17H26N2S/c1-14-17(5-4-12-20-14)18-16-8-6-15(7-9-16)13-19-10-2-3-11-19/h6-9,14,17-18H,2-5,10-13H2,1H3. The second kappa shape index (κ2) is 6.86. The Bertz CT molecular complexity index is 412. The van der Waals surface area contributed by atoms with Crippen LogP contribution in [0.5, 0.6) is 0 Å². The molecule has 0 saturated carbocycles. The first-order valence-electron chi connectivity index (χ1n) is 8.01. The fraction of sp³-hybridized carbons (Fsp3) is 0.647. The van der Waals surface area contributed by atoms with Crippen LogP contribution in [0.1, 0.15) is 38.2 Å². The molecule has 2 aliphatic rings. The molecule has 0 aromatic heterocycles. The van der Waals surface area contributed by atoms with Crippen LogP contribution >= 0.6 is 11.8 Å². The van der Waals surface area contributed by atoms with Gasteiger partial charge in [-0.15, -0.1) is 0 Å². The van der Waals surface area contributed by atoms with Gasteiger partial charge in [-0.25, -0.2) is 0 Å². The molecule has 1 N–H and O–H groups in total. The molecule has 3 heteroatoms. The molecule has 20 heavy (non-hydrogen) atoms. The van der Waals surface area contributed by atoms with E-state index >= 15 is 0 Å². The summed E-state index contributed by atoms with van der Waals surface area (Å²) >= 11 is 2.10. The van der Waals surface area contributed by atoms with Crippen LogP contribution in [0.15, 0.2) is 24.3 Å². The Kier molecular flexibility index (Phi) is 4.90. The predicted octanol–water partition coefficient (Wildman–Crippen LogP) is 3.98. The lowest BCUT2D eigenvalue weighted by Gasteiger charge is -2.30. The first-order valence-corrected chi connectivity index (χ1v) is 9.05. The molecular weight excluding hydrogens is 264 g/mol. The van der Waals surface area contributed by atoms with Gasteiger partial charge in [-0.3, -0.25) is 4.90 Å². The SMILES string of the molecule is CC1SCCCC1Nc1ccc(CN2CCCC2)cc1. The number of anilines is 1. The van der Waals surface area contributed by atoms with Crippen molar-refractivity contribution >= 4 is 17.4 Å². The highest BCUT2D eigenvalue weighted by Gasteiger charge is 2.21. The third-order valence-electron chi connectivity index (χ3n) is 4.52. The van der Waals surface area contributed by atoms with Crippen molar-refractivity contribution in [3.8, 4) is 0 Å². The summed E-state index contributed by atoms with van der Waals surface area (Å²) in [5.74, 6) is 1.33. The molecule has 0 bridgehead atoms. The van der Waals surface area contributed by atoms with Crippen molar-refractivity contribution in [3.63, 3.8) is 0 Å². The second-order valence-corrected chi connectivity index (χ2v) is 7.63. The largest absolute Gasteiger partial charge is 0.381 e. The zero-order valence-electron chi connectivity index (χ0n) is 12.5. The Morgan fingerprint density at radius 1 is 1.15 bits per heavy atom. The van der Waals surface area contributed by atoms with E-state index in [1.807, 2.05) is 0 Å². The Morgan fingerprint density at radius 3 is 2.60 bits per heavy atom. The minimum absolute atomic E-state index is 0.637. The topological polar surface area (TPSA) is 15.3 Å². The molecule has 1 aromatic carbocycles. The van der Waals surface area contributed by atoms with E-state index in [1.54, 1.807) is 0 Å². The number of benzene rings is 1. The van der Waals surface area contributed by atoms with E-state index in [0.29, 0.717) is 6.04 Å². The zero-order chi connectivity index (χ0) is 13.8. The van der Waals surface area contributed by atoms with Gasteiger partial charge in [-0.05, 0) is 62.2 Å². The van der Waals surface area contributed by atoms with Crippen LogP contribution in [0, 0.1) is 0 Å². The Morgan fingerprint density at radius 2 is 1.90 bits per heavy atom. The number of nitrogens with one attached hydrogen (secondary N) is 1. The number of thioether (sulfide) groups is 1. The van der Waals surface area contributed by atoms with Gasteiger partial charge in [-0.1, -0.05) is 19.1 Å². The summed E-state index contributed by atoms with van der Waals surface area (Å²) in [6.07, 6.45) is 5.40. The van der Waals surface area contributed by atoms with Crippen molar-refractivity contribution in [2.24, 2.45) is 0 Å². The number of hydrogen-bond donors (Lipinski definition) is 1. The number of rotatable bonds is 4. The third-order valence-corrected chi connectivity index (χ3v) is 5.90. The van der Waals surface area contributed by atoms with Crippen LogP contribution in [0.4, 0.5) is 5.69 Å². The Hall–Kier alpha value is -0.670. The van der Waals surface area contributed by atoms with Gasteiger partial charge < -0.3 is 5.32 Å². The summed E-state index contributed by atoms with van der Waals surface area (Å²) in [7, 11) is 0. The molecule has 2 heterocycles. The van der Waals surface area contributed by atoms with E-state index in [4.69, 9.17) is 0 Å². The van der Waals surface area contributed by atoms with E-state index in [9.17, 15) is 0 Å². The van der Waals surface area contributed by atoms with Gasteiger partial charge in [-0.2, -0.15) is 11.8 Å². The average molecular weight is 290 g/mol. The maximum atomic E-state index is 3.72. The van der Waals surface area contributed by atoms with Crippen LogP contribution in [-0.4, -0.2) is 35.0 Å². The molecule has 0 spiro atoms. The highest BCUT2D eigenvalue weighted by atomic mass is 32.2. The van der Waals surface area contributed by atoms with Crippen LogP contribution in [0.2, 0.25) is 0 Å². The molecule has 2 unspecified atom stereocenters. The average Bonchev–Trinajstić information content (AvgIpc) is 2.96. The van der Waals surface area contributed by atoms with Gasteiger partial charge in [0.15, 0.2) is 0 Å². The fourth-order valence-corrected chi connectivity index (χ4v) is 4.37. The summed E-state index contributed by atoms with van der Waals surface area (Å²) in [4.78, 5) is 2.56. The monoisotopic (exact) mass is 290 g/mol. The maximum absolute atomic E-state index is 3.72. The maximum Gasteiger partial charge on any atom is 0.0377 e. The minimum atomic E-state index is 0.637. The van der Waals surface area contributed by atoms with E-state index < -0.39 is 0 Å². The van der Waals surface area contributed by atoms with Gasteiger partial charge in [0.1, 0.15) is 0 Å². The molecule has 2 aliphatic heterocycles. The number of nitrogens with zero attached hydrogens (tertiary/aromatic N) is 1. The van der Waals surface area contributed by atoms with Crippen molar-refractivity contribution in [2.45, 2.75) is 50.4 Å². The van der Waals surface area contributed by atoms with E-state index in [0.717, 1.165) is 11.8 Å². The predicted molar refractivity (Wildman–Crippen MR) is 89.5 cm³/mol. The first-order chi connectivity index (χ1) is 9.81. The molecule has 0 amide bonds. The van der Waals surface area contributed by atoms with Crippen LogP contribution in [0.25, 0.3) is 0 Å². The van der Waals surface area contributed by atoms with Crippen molar-refractivity contribution < 1.29 is 0 Å². The lowest BCUT2D eigenvalue weighted by atomic mass is 10.1. The molecule has 2 nitrogen and oxygen atoms in total. The van der Waals surface area contributed by atoms with Gasteiger partial charge in [0.2, 0.25) is 0 Å². The van der Waals surface area contributed by atoms with Gasteiger partial charge >= 0.3 is 0 Å². The van der Waals surface area contributed by atoms with Gasteiger partial charge in [0.05, 0.1) is 0 Å². The smallest absolute Gasteiger partial charge is 0.0377 e. The molecule has 2 saturated heterocycles. The lowest BCUT2D eigenvalue weighted by Crippen LogP contribution is -2.32. The van der Waals surface area contributed by atoms with Crippen LogP contribution < -0.4 is 5.32 Å². The molecular formula is C17H26N2S. The molecule has 110 valence electrons. The lowest BCUT2D eigenvalue weighted by molar-refractivity contribution is 0.331. The molecule has 0 aliphatic carbocycles. The fourth-order valence-electron chi connectivity index (χ4n) is 3.23. The number of hydrogen-bond acceptors (Lipinski definition) is 3. The molecule has 3 rings (SSSR count). The van der Waals surface area contributed by atoms with E-state index in [2.05, 4.69) is 53.2 Å². The molecule has 2 fully saturated rings. The minimum Gasteiger partial charge on any atom is -0.381 e. The summed E-state index contributed by atoms with van der Waals surface area (Å²) < 4.78 is 0. The Balaban J connectivity index is 1.55. The van der Waals surface area contributed by atoms with Crippen molar-refractivity contribution in [2.75, 3.05) is 24.2 Å². The van der Waals surface area contributed by atoms with Crippen molar-refractivity contribution in [3.05, 3.63) is 29.8 Å². The van der Waals surface area contributed by atoms with E-state index in [-0.39, 0.29) is 0 Å². The van der Waals surface area contributed by atoms with Gasteiger partial charge in [0, 0.05) is 23.5 Å². The first kappa shape index (κ1) is 14.3. The number of likely N-dealkylation sites (tertiary alicyclic amines) is 1. The second-order valence-electron chi connectivity index (χ2n) is 6.15. The molecule has 0 radical (unpaired) electrons. The normalized spacial score (nSPS) is 27.6. The quantitative estimate of drug-likeness (QED) is 0.903. The summed E-state index contributed by atoms with van der Waals surface area (Å²) in [5.41, 5.74) is 2.73. The Labute approximate surface area is 127 Å². The highest BCUT2D eigenvalue weighted by molar-refractivity contribution is 8.00.